The molecule has 1 fully saturated rings. The van der Waals surface area contributed by atoms with E-state index in [1.807, 2.05) is 12.1 Å². The van der Waals surface area contributed by atoms with Crippen LogP contribution in [0.15, 0.2) is 18.2 Å². The van der Waals surface area contributed by atoms with E-state index in [0.717, 1.165) is 29.3 Å². The molecular formula is C15H23NO3Sn. The van der Waals surface area contributed by atoms with Gasteiger partial charge in [0.1, 0.15) is 0 Å². The number of hydrogen-bond donors (Lipinski definition) is 0. The molecule has 1 aromatic heterocycles. The molecule has 1 aliphatic rings. The van der Waals surface area contributed by atoms with E-state index in [1.54, 1.807) is 0 Å². The van der Waals surface area contributed by atoms with Crippen LogP contribution >= 0.6 is 0 Å². The van der Waals surface area contributed by atoms with Gasteiger partial charge in [-0.05, 0) is 0 Å². The normalized spacial score (nSPS) is 19.2. The minimum atomic E-state index is -0.567. The molecular weight excluding hydrogens is 361 g/mol. The second kappa shape index (κ2) is 8.85. The van der Waals surface area contributed by atoms with E-state index in [4.69, 9.17) is 14.2 Å². The first-order valence-corrected chi connectivity index (χ1v) is 10.4. The van der Waals surface area contributed by atoms with Crippen LogP contribution in [0, 0.1) is 0 Å². The van der Waals surface area contributed by atoms with Crippen LogP contribution in [-0.2, 0) is 9.47 Å². The average molecular weight is 384 g/mol. The number of aromatic nitrogens is 1. The van der Waals surface area contributed by atoms with Crippen molar-refractivity contribution in [1.82, 2.24) is 4.98 Å². The second-order valence-corrected chi connectivity index (χ2v) is 10.8. The third-order valence-corrected chi connectivity index (χ3v) is 6.22. The van der Waals surface area contributed by atoms with Crippen molar-refractivity contribution in [3.05, 3.63) is 18.2 Å². The maximum atomic E-state index is 5.65. The Morgan fingerprint density at radius 2 is 2.25 bits per heavy atom. The molecule has 1 aliphatic heterocycles. The Balaban J connectivity index is 1.68. The van der Waals surface area contributed by atoms with Gasteiger partial charge in [-0.2, -0.15) is 0 Å². The summed E-state index contributed by atoms with van der Waals surface area (Å²) in [6.45, 7) is 6.43. The van der Waals surface area contributed by atoms with Crippen molar-refractivity contribution in [2.75, 3.05) is 19.8 Å². The minimum absolute atomic E-state index is 0.0401. The third-order valence-electron chi connectivity index (χ3n) is 2.94. The Bertz CT molecular complexity index is 394. The molecule has 2 heterocycles. The molecule has 0 aromatic carbocycles. The summed E-state index contributed by atoms with van der Waals surface area (Å²) in [4.78, 5) is 4.56. The molecule has 2 radical (unpaired) electrons. The van der Waals surface area contributed by atoms with E-state index in [-0.39, 0.29) is 6.29 Å². The number of hydrogen-bond acceptors (Lipinski definition) is 4. The van der Waals surface area contributed by atoms with Gasteiger partial charge >= 0.3 is 131 Å². The van der Waals surface area contributed by atoms with Gasteiger partial charge in [0.25, 0.3) is 0 Å². The second-order valence-electron chi connectivity index (χ2n) is 5.18. The number of nitrogens with zero attached hydrogens (tertiary/aromatic N) is 1. The van der Waals surface area contributed by atoms with Crippen LogP contribution in [0.3, 0.4) is 0 Å². The van der Waals surface area contributed by atoms with Gasteiger partial charge in [0.2, 0.25) is 0 Å². The van der Waals surface area contributed by atoms with E-state index >= 15 is 0 Å². The first-order valence-electron chi connectivity index (χ1n) is 7.33. The van der Waals surface area contributed by atoms with Crippen molar-refractivity contribution in [1.29, 1.82) is 0 Å². The Morgan fingerprint density at radius 3 is 3.00 bits per heavy atom. The van der Waals surface area contributed by atoms with Crippen LogP contribution in [0.25, 0.3) is 0 Å². The monoisotopic (exact) mass is 385 g/mol. The predicted molar refractivity (Wildman–Crippen MR) is 79.8 cm³/mol. The standard InChI is InChI=1S/C12H16NO3.C3H7.Sn/c1-3-7-13-11(5-1)14-9-10-16-12-6-2-4-8-15-12;1-3-2;/h1,3,5,12H,2,4,6,8-10H2;3H,1-2H3;. The van der Waals surface area contributed by atoms with Gasteiger partial charge in [-0.25, -0.2) is 0 Å². The van der Waals surface area contributed by atoms with E-state index < -0.39 is 21.1 Å². The Morgan fingerprint density at radius 1 is 1.35 bits per heavy atom. The van der Waals surface area contributed by atoms with Gasteiger partial charge in [0.15, 0.2) is 0 Å². The van der Waals surface area contributed by atoms with Gasteiger partial charge < -0.3 is 0 Å². The Labute approximate surface area is 131 Å². The van der Waals surface area contributed by atoms with Crippen LogP contribution in [0.4, 0.5) is 0 Å². The van der Waals surface area contributed by atoms with Crippen LogP contribution in [0.1, 0.15) is 33.1 Å². The summed E-state index contributed by atoms with van der Waals surface area (Å²) in [5.74, 6) is 0.720. The first kappa shape index (κ1) is 16.0. The van der Waals surface area contributed by atoms with Crippen LogP contribution in [0.5, 0.6) is 5.88 Å². The summed E-state index contributed by atoms with van der Waals surface area (Å²) < 4.78 is 18.8. The molecule has 4 nitrogen and oxygen atoms in total. The van der Waals surface area contributed by atoms with Crippen molar-refractivity contribution >= 4 is 24.9 Å². The number of pyridine rings is 1. The van der Waals surface area contributed by atoms with Gasteiger partial charge in [-0.3, -0.25) is 0 Å². The van der Waals surface area contributed by atoms with E-state index in [2.05, 4.69) is 24.9 Å². The zero-order valence-electron chi connectivity index (χ0n) is 12.3. The molecule has 20 heavy (non-hydrogen) atoms. The van der Waals surface area contributed by atoms with Gasteiger partial charge in [-0.15, -0.1) is 0 Å². The van der Waals surface area contributed by atoms with Crippen LogP contribution in [0.2, 0.25) is 3.93 Å². The third kappa shape index (κ3) is 5.97. The molecule has 1 unspecified atom stereocenters. The van der Waals surface area contributed by atoms with Crippen molar-refractivity contribution < 1.29 is 14.2 Å². The van der Waals surface area contributed by atoms with Crippen LogP contribution < -0.4 is 8.45 Å². The van der Waals surface area contributed by atoms with Gasteiger partial charge in [-0.1, -0.05) is 0 Å². The Kier molecular flexibility index (Phi) is 7.10. The number of ether oxygens (including phenoxy) is 3. The zero-order chi connectivity index (χ0) is 14.2. The molecule has 0 spiro atoms. The van der Waals surface area contributed by atoms with Gasteiger partial charge in [0.05, 0.1) is 0 Å². The fraction of sp³-hybridized carbons (Fsp3) is 0.667. The maximum absolute atomic E-state index is 5.65. The summed E-state index contributed by atoms with van der Waals surface area (Å²) in [5, 5.41) is 0. The molecule has 0 saturated carbocycles. The zero-order valence-corrected chi connectivity index (χ0v) is 15.2. The van der Waals surface area contributed by atoms with E-state index in [1.165, 1.54) is 10.1 Å². The van der Waals surface area contributed by atoms with Crippen molar-refractivity contribution in [2.24, 2.45) is 0 Å². The summed E-state index contributed by atoms with van der Waals surface area (Å²) in [7, 11) is 0. The van der Waals surface area contributed by atoms with Gasteiger partial charge in [0, 0.05) is 0 Å². The summed E-state index contributed by atoms with van der Waals surface area (Å²) in [6, 6.07) is 6.07. The molecule has 2 rings (SSSR count). The first-order chi connectivity index (χ1) is 9.74. The average Bonchev–Trinajstić information content (AvgIpc) is 2.44. The van der Waals surface area contributed by atoms with Crippen molar-refractivity contribution in [2.45, 2.75) is 43.3 Å². The molecule has 0 N–H and O–H groups in total. The summed E-state index contributed by atoms with van der Waals surface area (Å²) in [6.07, 6.45) is 3.29. The SMILES string of the molecule is C[CH](C)[Sn][c]1cccc(OCCOC2CCCCO2)n1. The summed E-state index contributed by atoms with van der Waals surface area (Å²) >= 11 is -0.567. The molecule has 5 heteroatoms. The predicted octanol–water partition coefficient (Wildman–Crippen LogP) is 2.16. The molecule has 0 bridgehead atoms. The quantitative estimate of drug-likeness (QED) is 0.534. The van der Waals surface area contributed by atoms with Crippen molar-refractivity contribution in [3.8, 4) is 5.88 Å². The van der Waals surface area contributed by atoms with Crippen LogP contribution in [-0.4, -0.2) is 52.2 Å². The Hall–Kier alpha value is -0.331. The topological polar surface area (TPSA) is 40.6 Å². The fourth-order valence-electron chi connectivity index (χ4n) is 2.04. The molecule has 0 aliphatic carbocycles. The summed E-state index contributed by atoms with van der Waals surface area (Å²) in [5.41, 5.74) is 0. The molecule has 110 valence electrons. The molecule has 1 aromatic rings. The molecule has 0 amide bonds. The van der Waals surface area contributed by atoms with E-state index in [9.17, 15) is 0 Å². The van der Waals surface area contributed by atoms with Crippen molar-refractivity contribution in [3.63, 3.8) is 0 Å². The number of rotatable bonds is 7. The fourth-order valence-corrected chi connectivity index (χ4v) is 4.78. The molecule has 1 saturated heterocycles. The molecule has 1 atom stereocenters. The van der Waals surface area contributed by atoms with E-state index in [0.29, 0.717) is 13.2 Å².